The smallest absolute Gasteiger partial charge is 0.321 e. The molecular formula is C23H27N5OS. The first-order chi connectivity index (χ1) is 14.6. The Balaban J connectivity index is 1.29. The van der Waals surface area contributed by atoms with Crippen LogP contribution in [-0.2, 0) is 6.42 Å². The third-order valence-electron chi connectivity index (χ3n) is 5.33. The number of anilines is 2. The minimum atomic E-state index is -0.0472. The summed E-state index contributed by atoms with van der Waals surface area (Å²) in [7, 11) is 0. The van der Waals surface area contributed by atoms with Gasteiger partial charge in [-0.05, 0) is 29.2 Å². The number of nitrogens with one attached hydrogen (secondary N) is 1. The van der Waals surface area contributed by atoms with Crippen molar-refractivity contribution >= 4 is 28.4 Å². The number of hydrogen-bond donors (Lipinski definition) is 1. The van der Waals surface area contributed by atoms with Crippen molar-refractivity contribution in [1.82, 2.24) is 14.3 Å². The lowest BCUT2D eigenvalue weighted by Crippen LogP contribution is -2.50. The molecule has 0 radical (unpaired) electrons. The van der Waals surface area contributed by atoms with Crippen molar-refractivity contribution in [3.8, 4) is 0 Å². The molecule has 1 saturated heterocycles. The number of carbonyl (C=O) groups is 1. The van der Waals surface area contributed by atoms with Crippen molar-refractivity contribution in [2.75, 3.05) is 36.4 Å². The van der Waals surface area contributed by atoms with Crippen molar-refractivity contribution in [2.45, 2.75) is 26.2 Å². The number of aromatic nitrogens is 2. The van der Waals surface area contributed by atoms with Gasteiger partial charge in [0.15, 0.2) is 0 Å². The molecule has 6 nitrogen and oxygen atoms in total. The van der Waals surface area contributed by atoms with Crippen molar-refractivity contribution < 1.29 is 4.79 Å². The predicted octanol–water partition coefficient (Wildman–Crippen LogP) is 4.61. The number of amides is 2. The Morgan fingerprint density at radius 2 is 1.73 bits per heavy atom. The van der Waals surface area contributed by atoms with Gasteiger partial charge in [0.1, 0.15) is 5.82 Å². The quantitative estimate of drug-likeness (QED) is 0.654. The minimum absolute atomic E-state index is 0.0472. The van der Waals surface area contributed by atoms with Crippen LogP contribution in [0.15, 0.2) is 54.6 Å². The van der Waals surface area contributed by atoms with Crippen LogP contribution in [0.2, 0.25) is 0 Å². The molecule has 156 valence electrons. The number of carbonyl (C=O) groups excluding carboxylic acids is 1. The van der Waals surface area contributed by atoms with Crippen LogP contribution in [0.25, 0.3) is 0 Å². The molecule has 2 heterocycles. The number of piperazine rings is 1. The molecule has 4 rings (SSSR count). The summed E-state index contributed by atoms with van der Waals surface area (Å²) in [5.41, 5.74) is 3.32. The van der Waals surface area contributed by atoms with Gasteiger partial charge >= 0.3 is 6.03 Å². The third kappa shape index (κ3) is 4.97. The molecule has 0 atom stereocenters. The number of urea groups is 1. The van der Waals surface area contributed by atoms with Gasteiger partial charge in [-0.25, -0.2) is 9.78 Å². The molecule has 1 aromatic heterocycles. The number of benzene rings is 2. The first-order valence-corrected chi connectivity index (χ1v) is 11.1. The maximum atomic E-state index is 12.6. The van der Waals surface area contributed by atoms with E-state index in [2.05, 4.69) is 52.7 Å². The van der Waals surface area contributed by atoms with Crippen LogP contribution < -0.4 is 10.2 Å². The highest BCUT2D eigenvalue weighted by Crippen LogP contribution is 2.21. The van der Waals surface area contributed by atoms with Crippen LogP contribution in [0.3, 0.4) is 0 Å². The predicted molar refractivity (Wildman–Crippen MR) is 122 cm³/mol. The first kappa shape index (κ1) is 20.3. The summed E-state index contributed by atoms with van der Waals surface area (Å²) in [5, 5.41) is 3.94. The first-order valence-electron chi connectivity index (χ1n) is 10.4. The molecule has 30 heavy (non-hydrogen) atoms. The van der Waals surface area contributed by atoms with Crippen LogP contribution >= 0.6 is 11.5 Å². The van der Waals surface area contributed by atoms with E-state index < -0.39 is 0 Å². The maximum Gasteiger partial charge on any atom is 0.321 e. The molecule has 2 amide bonds. The van der Waals surface area contributed by atoms with E-state index in [1.807, 2.05) is 35.2 Å². The number of hydrogen-bond acceptors (Lipinski definition) is 5. The summed E-state index contributed by atoms with van der Waals surface area (Å²) in [6.07, 6.45) is 0.745. The lowest BCUT2D eigenvalue weighted by molar-refractivity contribution is 0.208. The fourth-order valence-electron chi connectivity index (χ4n) is 3.48. The fourth-order valence-corrected chi connectivity index (χ4v) is 4.21. The van der Waals surface area contributed by atoms with Crippen molar-refractivity contribution in [3.63, 3.8) is 0 Å². The van der Waals surface area contributed by atoms with Crippen molar-refractivity contribution in [3.05, 3.63) is 71.5 Å². The molecule has 0 aliphatic carbocycles. The molecule has 0 bridgehead atoms. The van der Waals surface area contributed by atoms with Crippen LogP contribution in [0.4, 0.5) is 15.6 Å². The topological polar surface area (TPSA) is 61.4 Å². The SMILES string of the molecule is CC(C)c1ccc(NC(=O)N2CCN(c3nc(Cc4ccccc4)ns3)CC2)cc1. The number of rotatable bonds is 5. The second-order valence-corrected chi connectivity index (χ2v) is 8.57. The third-order valence-corrected chi connectivity index (χ3v) is 6.14. The van der Waals surface area contributed by atoms with E-state index >= 15 is 0 Å². The lowest BCUT2D eigenvalue weighted by Gasteiger charge is -2.34. The molecule has 0 unspecified atom stereocenters. The molecule has 1 N–H and O–H groups in total. The highest BCUT2D eigenvalue weighted by molar-refractivity contribution is 7.09. The average Bonchev–Trinajstić information content (AvgIpc) is 3.23. The molecule has 3 aromatic rings. The Morgan fingerprint density at radius 1 is 1.03 bits per heavy atom. The van der Waals surface area contributed by atoms with Gasteiger partial charge in [0.2, 0.25) is 5.13 Å². The van der Waals surface area contributed by atoms with Crippen molar-refractivity contribution in [2.24, 2.45) is 0 Å². The van der Waals surface area contributed by atoms with Gasteiger partial charge in [-0.2, -0.15) is 4.37 Å². The van der Waals surface area contributed by atoms with Gasteiger partial charge in [-0.3, -0.25) is 0 Å². The Labute approximate surface area is 181 Å². The van der Waals surface area contributed by atoms with Gasteiger partial charge in [0.05, 0.1) is 0 Å². The van der Waals surface area contributed by atoms with Gasteiger partial charge in [-0.1, -0.05) is 56.3 Å². The zero-order chi connectivity index (χ0) is 20.9. The van der Waals surface area contributed by atoms with Gasteiger partial charge in [0, 0.05) is 49.8 Å². The molecule has 1 aliphatic heterocycles. The maximum absolute atomic E-state index is 12.6. The van der Waals surface area contributed by atoms with Gasteiger partial charge in [-0.15, -0.1) is 0 Å². The highest BCUT2D eigenvalue weighted by Gasteiger charge is 2.23. The fraction of sp³-hybridized carbons (Fsp3) is 0.348. The summed E-state index contributed by atoms with van der Waals surface area (Å²) in [6.45, 7) is 7.19. The van der Waals surface area contributed by atoms with E-state index in [4.69, 9.17) is 4.98 Å². The van der Waals surface area contributed by atoms with Gasteiger partial charge in [0.25, 0.3) is 0 Å². The summed E-state index contributed by atoms with van der Waals surface area (Å²) in [6, 6.07) is 18.3. The Kier molecular flexibility index (Phi) is 6.28. The Morgan fingerprint density at radius 3 is 2.40 bits per heavy atom. The zero-order valence-corrected chi connectivity index (χ0v) is 18.2. The molecular weight excluding hydrogens is 394 g/mol. The molecule has 7 heteroatoms. The van der Waals surface area contributed by atoms with Gasteiger partial charge < -0.3 is 15.1 Å². The molecule has 1 fully saturated rings. The van der Waals surface area contributed by atoms with Crippen molar-refractivity contribution in [1.29, 1.82) is 0 Å². The van der Waals surface area contributed by atoms with E-state index in [1.54, 1.807) is 0 Å². The van der Waals surface area contributed by atoms with E-state index in [0.29, 0.717) is 19.0 Å². The highest BCUT2D eigenvalue weighted by atomic mass is 32.1. The lowest BCUT2D eigenvalue weighted by atomic mass is 10.0. The normalized spacial score (nSPS) is 14.2. The molecule has 1 aliphatic rings. The van der Waals surface area contributed by atoms with E-state index in [-0.39, 0.29) is 6.03 Å². The molecule has 0 saturated carbocycles. The average molecular weight is 422 g/mol. The minimum Gasteiger partial charge on any atom is -0.343 e. The standard InChI is InChI=1S/C23H27N5OS/c1-17(2)19-8-10-20(11-9-19)24-22(29)27-12-14-28(15-13-27)23-25-21(26-30-23)16-18-6-4-3-5-7-18/h3-11,17H,12-16H2,1-2H3,(H,24,29). The number of nitrogens with zero attached hydrogens (tertiary/aromatic N) is 4. The second kappa shape index (κ2) is 9.26. The Bertz CT molecular complexity index is 963. The van der Waals surface area contributed by atoms with Crippen LogP contribution in [0.5, 0.6) is 0 Å². The summed E-state index contributed by atoms with van der Waals surface area (Å²) < 4.78 is 4.51. The summed E-state index contributed by atoms with van der Waals surface area (Å²) in [5.74, 6) is 1.34. The molecule has 0 spiro atoms. The van der Waals surface area contributed by atoms with E-state index in [1.165, 1.54) is 22.7 Å². The van der Waals surface area contributed by atoms with Crippen LogP contribution in [0.1, 0.15) is 36.7 Å². The summed E-state index contributed by atoms with van der Waals surface area (Å²) >= 11 is 1.44. The second-order valence-electron chi connectivity index (χ2n) is 7.84. The van der Waals surface area contributed by atoms with Crippen LogP contribution in [-0.4, -0.2) is 46.5 Å². The molecule has 2 aromatic carbocycles. The Hall–Kier alpha value is -2.93. The van der Waals surface area contributed by atoms with E-state index in [9.17, 15) is 4.79 Å². The van der Waals surface area contributed by atoms with E-state index in [0.717, 1.165) is 36.2 Å². The van der Waals surface area contributed by atoms with Crippen LogP contribution in [0, 0.1) is 0 Å². The zero-order valence-electron chi connectivity index (χ0n) is 17.4. The largest absolute Gasteiger partial charge is 0.343 e. The monoisotopic (exact) mass is 421 g/mol. The summed E-state index contributed by atoms with van der Waals surface area (Å²) in [4.78, 5) is 21.4.